The number of ether oxygens (including phenoxy) is 2. The van der Waals surface area contributed by atoms with Crippen LogP contribution in [0, 0.1) is 21.3 Å². The minimum absolute atomic E-state index is 0. The summed E-state index contributed by atoms with van der Waals surface area (Å²) in [7, 11) is 3.29. The molecule has 0 N–H and O–H groups in total. The van der Waals surface area contributed by atoms with Crippen LogP contribution in [0.2, 0.25) is 0 Å². The van der Waals surface area contributed by atoms with Gasteiger partial charge in [-0.1, -0.05) is 6.61 Å². The molecule has 2 nitrogen and oxygen atoms in total. The number of hydrogen-bond donors (Lipinski definition) is 0. The summed E-state index contributed by atoms with van der Waals surface area (Å²) in [5, 5.41) is 0. The maximum atomic E-state index is 4.63. The van der Waals surface area contributed by atoms with Crippen molar-refractivity contribution in [3.63, 3.8) is 0 Å². The van der Waals surface area contributed by atoms with E-state index >= 15 is 0 Å². The van der Waals surface area contributed by atoms with E-state index in [1.165, 1.54) is 0 Å². The molecule has 0 heterocycles. The first-order valence-corrected chi connectivity index (χ1v) is 2.89. The Morgan fingerprint density at radius 2 is 1.42 bits per heavy atom. The van der Waals surface area contributed by atoms with Gasteiger partial charge in [-0.3, -0.25) is 0 Å². The quantitative estimate of drug-likeness (QED) is 0.607. The molecule has 0 aliphatic heterocycles. The molecule has 12 heavy (non-hydrogen) atoms. The van der Waals surface area contributed by atoms with Crippen LogP contribution in [-0.4, -0.2) is 27.4 Å². The van der Waals surface area contributed by atoms with Gasteiger partial charge in [-0.2, -0.15) is 6.42 Å². The standard InChI is InChI=1S/C4H9O.C3H7O.CH3.Rb.Y/c1-3-4-5-2;1-3-4-2;;;/h1,3-4H2,2H3;1,3H2,2H3;1H3;;/q3*-1;+1;. The second-order valence-corrected chi connectivity index (χ2v) is 1.34. The molecular weight excluding hydrogens is 302 g/mol. The minimum atomic E-state index is 0. The summed E-state index contributed by atoms with van der Waals surface area (Å²) < 4.78 is 9.06. The van der Waals surface area contributed by atoms with E-state index in [0.29, 0.717) is 6.61 Å². The summed E-state index contributed by atoms with van der Waals surface area (Å²) in [6, 6.07) is 0. The van der Waals surface area contributed by atoms with Gasteiger partial charge in [0.05, 0.1) is 0 Å². The fourth-order valence-corrected chi connectivity index (χ4v) is 0.144. The van der Waals surface area contributed by atoms with Crippen LogP contribution in [0.3, 0.4) is 0 Å². The summed E-state index contributed by atoms with van der Waals surface area (Å²) in [5.41, 5.74) is 0. The van der Waals surface area contributed by atoms with Crippen molar-refractivity contribution < 1.29 is 100 Å². The minimum Gasteiger partial charge on any atom is -0.417 e. The first-order valence-electron chi connectivity index (χ1n) is 2.89. The molecule has 0 saturated carbocycles. The number of hydrogen-bond acceptors (Lipinski definition) is 2. The van der Waals surface area contributed by atoms with E-state index in [-0.39, 0.29) is 98.3 Å². The smallest absolute Gasteiger partial charge is 0.417 e. The molecule has 0 atom stereocenters. The van der Waals surface area contributed by atoms with Crippen molar-refractivity contribution in [1.29, 1.82) is 0 Å². The second kappa shape index (κ2) is 37.1. The summed E-state index contributed by atoms with van der Waals surface area (Å²) in [4.78, 5) is 0. The molecule has 0 aliphatic rings. The number of rotatable bonds is 3. The van der Waals surface area contributed by atoms with E-state index < -0.39 is 0 Å². The van der Waals surface area contributed by atoms with E-state index in [0.717, 1.165) is 13.0 Å². The Morgan fingerprint density at radius 3 is 1.42 bits per heavy atom. The van der Waals surface area contributed by atoms with E-state index in [9.17, 15) is 0 Å². The van der Waals surface area contributed by atoms with Gasteiger partial charge in [0.25, 0.3) is 0 Å². The van der Waals surface area contributed by atoms with Crippen molar-refractivity contribution in [3.8, 4) is 0 Å². The molecule has 0 fully saturated rings. The Hall–Kier alpha value is 2.83. The predicted molar refractivity (Wildman–Crippen MR) is 45.5 cm³/mol. The zero-order chi connectivity index (χ0) is 7.54. The van der Waals surface area contributed by atoms with Crippen molar-refractivity contribution in [2.45, 2.75) is 6.42 Å². The molecule has 69 valence electrons. The molecule has 0 aliphatic carbocycles. The van der Waals surface area contributed by atoms with Crippen LogP contribution in [0.25, 0.3) is 0 Å². The van der Waals surface area contributed by atoms with Gasteiger partial charge in [0.15, 0.2) is 0 Å². The molecule has 0 aromatic rings. The maximum absolute atomic E-state index is 4.63. The number of methoxy groups -OCH3 is 2. The average molecular weight is 322 g/mol. The molecule has 0 aromatic heterocycles. The van der Waals surface area contributed by atoms with Crippen molar-refractivity contribution in [3.05, 3.63) is 21.3 Å². The SMILES string of the molecule is [CH2-]CCOC.[CH2-]COC.[CH3-].[Rb+].[Y]. The topological polar surface area (TPSA) is 18.5 Å². The van der Waals surface area contributed by atoms with E-state index in [2.05, 4.69) is 23.3 Å². The maximum Gasteiger partial charge on any atom is 1.00 e. The summed E-state index contributed by atoms with van der Waals surface area (Å²) >= 11 is 0. The third kappa shape index (κ3) is 52.8. The van der Waals surface area contributed by atoms with Crippen LogP contribution < -0.4 is 58.2 Å². The Labute approximate surface area is 152 Å². The van der Waals surface area contributed by atoms with Crippen LogP contribution in [-0.2, 0) is 42.2 Å². The van der Waals surface area contributed by atoms with E-state index in [1.807, 2.05) is 0 Å². The van der Waals surface area contributed by atoms with E-state index in [4.69, 9.17) is 0 Å². The molecular formula is C8H19O2RbY-2. The van der Waals surface area contributed by atoms with Gasteiger partial charge in [-0.15, -0.1) is 0 Å². The Balaban J connectivity index is -0.0000000221. The van der Waals surface area contributed by atoms with Crippen LogP contribution in [0.5, 0.6) is 0 Å². The van der Waals surface area contributed by atoms with Gasteiger partial charge in [0.1, 0.15) is 0 Å². The van der Waals surface area contributed by atoms with Gasteiger partial charge >= 0.3 is 58.2 Å². The van der Waals surface area contributed by atoms with Crippen LogP contribution in [0.15, 0.2) is 0 Å². The summed E-state index contributed by atoms with van der Waals surface area (Å²) in [5.74, 6) is 0. The Bertz CT molecular complexity index is 36.2. The van der Waals surface area contributed by atoms with Crippen molar-refractivity contribution in [2.24, 2.45) is 0 Å². The first kappa shape index (κ1) is 29.4. The molecule has 0 bridgehead atoms. The van der Waals surface area contributed by atoms with Crippen molar-refractivity contribution >= 4 is 0 Å². The third-order valence-corrected chi connectivity index (χ3v) is 0.553. The van der Waals surface area contributed by atoms with Crippen LogP contribution in [0.1, 0.15) is 6.42 Å². The summed E-state index contributed by atoms with van der Waals surface area (Å²) in [6.45, 7) is 8.28. The van der Waals surface area contributed by atoms with Gasteiger partial charge in [-0.25, -0.2) is 0 Å². The zero-order valence-electron chi connectivity index (χ0n) is 8.93. The molecule has 0 aromatic carbocycles. The molecule has 4 heteroatoms. The zero-order valence-corrected chi connectivity index (χ0v) is 16.7. The largest absolute Gasteiger partial charge is 1.00 e. The normalized spacial score (nSPS) is 6.00. The van der Waals surface area contributed by atoms with Gasteiger partial charge in [0, 0.05) is 53.5 Å². The Kier molecular flexibility index (Phi) is 90.8. The molecule has 0 saturated heterocycles. The molecule has 0 unspecified atom stereocenters. The fraction of sp³-hybridized carbons (Fsp3) is 0.625. The molecule has 1 radical (unpaired) electrons. The van der Waals surface area contributed by atoms with Gasteiger partial charge in [-0.05, 0) is 0 Å². The Morgan fingerprint density at radius 1 is 1.08 bits per heavy atom. The molecule has 0 spiro atoms. The molecule has 0 amide bonds. The third-order valence-electron chi connectivity index (χ3n) is 0.553. The van der Waals surface area contributed by atoms with Gasteiger partial charge < -0.3 is 30.7 Å². The predicted octanol–water partition coefficient (Wildman–Crippen LogP) is -1.22. The van der Waals surface area contributed by atoms with Crippen molar-refractivity contribution in [2.75, 3.05) is 27.4 Å². The van der Waals surface area contributed by atoms with Crippen molar-refractivity contribution in [1.82, 2.24) is 0 Å². The molecule has 0 rings (SSSR count). The second-order valence-electron chi connectivity index (χ2n) is 1.34. The van der Waals surface area contributed by atoms with Gasteiger partial charge in [0.2, 0.25) is 0 Å². The summed E-state index contributed by atoms with van der Waals surface area (Å²) in [6.07, 6.45) is 0.872. The average Bonchev–Trinajstić information content (AvgIpc) is 1.91. The first-order chi connectivity index (χ1) is 4.33. The van der Waals surface area contributed by atoms with E-state index in [1.54, 1.807) is 14.2 Å². The van der Waals surface area contributed by atoms with Crippen LogP contribution in [0.4, 0.5) is 0 Å². The van der Waals surface area contributed by atoms with Crippen LogP contribution >= 0.6 is 0 Å². The fourth-order valence-electron chi connectivity index (χ4n) is 0.144. The monoisotopic (exact) mass is 321 g/mol.